The highest BCUT2D eigenvalue weighted by molar-refractivity contribution is 6.21. The number of nitrogens with one attached hydrogen (secondary N) is 1. The fourth-order valence-electron chi connectivity index (χ4n) is 4.32. The van der Waals surface area contributed by atoms with Crippen LogP contribution in [-0.4, -0.2) is 39.6 Å². The summed E-state index contributed by atoms with van der Waals surface area (Å²) in [4.78, 5) is 32.4. The van der Waals surface area contributed by atoms with E-state index in [9.17, 15) is 14.7 Å². The number of carbonyl (C=O) groups is 2. The summed E-state index contributed by atoms with van der Waals surface area (Å²) in [6, 6.07) is 13.7. The average molecular weight is 361 g/mol. The van der Waals surface area contributed by atoms with Gasteiger partial charge in [0.2, 0.25) is 0 Å². The standard InChI is InChI=1S/C21H19N3O3/c1-12-6-8-13(9-7-12)23-20(26)17-10-15-14-4-2-3-5-16(14)22-19(15)18(11-25)24(17)21(23)27/h2-9,17-18,22,25H,10-11H2,1H3. The maximum atomic E-state index is 13.1. The fraction of sp³-hybridized carbons (Fsp3) is 0.238. The number of aliphatic hydroxyl groups excluding tert-OH is 1. The van der Waals surface area contributed by atoms with E-state index < -0.39 is 12.1 Å². The molecule has 136 valence electrons. The Bertz CT molecular complexity index is 1070. The highest BCUT2D eigenvalue weighted by Crippen LogP contribution is 2.41. The normalized spacial score (nSPS) is 21.7. The molecule has 0 saturated carbocycles. The summed E-state index contributed by atoms with van der Waals surface area (Å²) < 4.78 is 0. The molecule has 6 heteroatoms. The van der Waals surface area contributed by atoms with Crippen LogP contribution in [0.5, 0.6) is 0 Å². The zero-order chi connectivity index (χ0) is 18.7. The quantitative estimate of drug-likeness (QED) is 0.689. The molecular formula is C21H19N3O3. The summed E-state index contributed by atoms with van der Waals surface area (Å²) in [5.41, 5.74) is 4.41. The molecule has 0 bridgehead atoms. The van der Waals surface area contributed by atoms with Crippen molar-refractivity contribution in [1.29, 1.82) is 0 Å². The molecule has 1 aromatic heterocycles. The first-order chi connectivity index (χ1) is 13.1. The van der Waals surface area contributed by atoms with Gasteiger partial charge in [0.15, 0.2) is 0 Å². The minimum atomic E-state index is -0.595. The van der Waals surface area contributed by atoms with Gasteiger partial charge < -0.3 is 15.0 Å². The van der Waals surface area contributed by atoms with E-state index in [0.717, 1.165) is 27.7 Å². The number of amides is 3. The van der Waals surface area contributed by atoms with Crippen molar-refractivity contribution in [3.8, 4) is 0 Å². The highest BCUT2D eigenvalue weighted by atomic mass is 16.3. The number of carbonyl (C=O) groups excluding carboxylic acids is 2. The van der Waals surface area contributed by atoms with E-state index in [0.29, 0.717) is 12.1 Å². The number of aryl methyl sites for hydroxylation is 1. The monoisotopic (exact) mass is 361 g/mol. The lowest BCUT2D eigenvalue weighted by Crippen LogP contribution is -2.45. The number of rotatable bonds is 2. The predicted molar refractivity (Wildman–Crippen MR) is 102 cm³/mol. The molecule has 27 heavy (non-hydrogen) atoms. The summed E-state index contributed by atoms with van der Waals surface area (Å²) in [6.45, 7) is 1.72. The van der Waals surface area contributed by atoms with Gasteiger partial charge in [-0.3, -0.25) is 4.79 Å². The molecule has 0 aliphatic carbocycles. The van der Waals surface area contributed by atoms with Crippen LogP contribution in [0.25, 0.3) is 10.9 Å². The van der Waals surface area contributed by atoms with Gasteiger partial charge in [0.25, 0.3) is 5.91 Å². The van der Waals surface area contributed by atoms with Crippen LogP contribution in [0, 0.1) is 6.92 Å². The molecule has 3 aromatic rings. The first kappa shape index (κ1) is 16.1. The number of aliphatic hydroxyl groups is 1. The Morgan fingerprint density at radius 3 is 2.59 bits per heavy atom. The molecule has 2 atom stereocenters. The lowest BCUT2D eigenvalue weighted by Gasteiger charge is -2.34. The topological polar surface area (TPSA) is 76.6 Å². The third kappa shape index (κ3) is 2.16. The van der Waals surface area contributed by atoms with Crippen molar-refractivity contribution in [3.05, 3.63) is 65.4 Å². The minimum Gasteiger partial charge on any atom is -0.394 e. The Morgan fingerprint density at radius 1 is 1.11 bits per heavy atom. The maximum absolute atomic E-state index is 13.1. The smallest absolute Gasteiger partial charge is 0.332 e. The Labute approximate surface area is 156 Å². The van der Waals surface area contributed by atoms with Gasteiger partial charge in [-0.05, 0) is 30.7 Å². The highest BCUT2D eigenvalue weighted by Gasteiger charge is 2.52. The van der Waals surface area contributed by atoms with Gasteiger partial charge in [-0.2, -0.15) is 0 Å². The third-order valence-corrected chi connectivity index (χ3v) is 5.63. The van der Waals surface area contributed by atoms with Gasteiger partial charge in [0.1, 0.15) is 6.04 Å². The number of H-pyrrole nitrogens is 1. The van der Waals surface area contributed by atoms with Crippen LogP contribution < -0.4 is 4.90 Å². The number of fused-ring (bicyclic) bond motifs is 4. The molecule has 2 unspecified atom stereocenters. The number of benzene rings is 2. The molecule has 6 nitrogen and oxygen atoms in total. The second-order valence-corrected chi connectivity index (χ2v) is 7.18. The number of hydrogen-bond acceptors (Lipinski definition) is 3. The van der Waals surface area contributed by atoms with Gasteiger partial charge in [0.05, 0.1) is 18.3 Å². The molecule has 1 saturated heterocycles. The van der Waals surface area contributed by atoms with Gasteiger partial charge in [-0.1, -0.05) is 35.9 Å². The number of aromatic nitrogens is 1. The molecular weight excluding hydrogens is 342 g/mol. The van der Waals surface area contributed by atoms with E-state index in [1.54, 1.807) is 12.1 Å². The number of anilines is 1. The van der Waals surface area contributed by atoms with Crippen molar-refractivity contribution in [2.75, 3.05) is 11.5 Å². The van der Waals surface area contributed by atoms with Crippen molar-refractivity contribution in [2.45, 2.75) is 25.4 Å². The molecule has 1 fully saturated rings. The molecule has 0 radical (unpaired) electrons. The van der Waals surface area contributed by atoms with Crippen molar-refractivity contribution < 1.29 is 14.7 Å². The predicted octanol–water partition coefficient (Wildman–Crippen LogP) is 2.90. The summed E-state index contributed by atoms with van der Waals surface area (Å²) in [7, 11) is 0. The van der Waals surface area contributed by atoms with Gasteiger partial charge in [-0.15, -0.1) is 0 Å². The number of imide groups is 1. The van der Waals surface area contributed by atoms with Crippen LogP contribution in [0.1, 0.15) is 22.9 Å². The van der Waals surface area contributed by atoms with Gasteiger partial charge in [0, 0.05) is 23.0 Å². The summed E-state index contributed by atoms with van der Waals surface area (Å²) in [5, 5.41) is 11.1. The van der Waals surface area contributed by atoms with Crippen LogP contribution in [0.3, 0.4) is 0 Å². The third-order valence-electron chi connectivity index (χ3n) is 5.63. The number of hydrogen-bond donors (Lipinski definition) is 2. The molecule has 0 spiro atoms. The number of nitrogens with zero attached hydrogens (tertiary/aromatic N) is 2. The number of para-hydroxylation sites is 1. The Kier molecular flexibility index (Phi) is 3.39. The lowest BCUT2D eigenvalue weighted by atomic mass is 9.93. The van der Waals surface area contributed by atoms with Crippen molar-refractivity contribution in [1.82, 2.24) is 9.88 Å². The molecule has 2 N–H and O–H groups in total. The average Bonchev–Trinajstić information content (AvgIpc) is 3.17. The van der Waals surface area contributed by atoms with Crippen molar-refractivity contribution >= 4 is 28.5 Å². The molecule has 2 aliphatic heterocycles. The van der Waals surface area contributed by atoms with Crippen LogP contribution in [0.4, 0.5) is 10.5 Å². The first-order valence-corrected chi connectivity index (χ1v) is 9.03. The second kappa shape index (κ2) is 5.69. The van der Waals surface area contributed by atoms with E-state index in [1.807, 2.05) is 43.3 Å². The zero-order valence-electron chi connectivity index (χ0n) is 14.8. The summed E-state index contributed by atoms with van der Waals surface area (Å²) in [5.74, 6) is -0.238. The van der Waals surface area contributed by atoms with E-state index in [2.05, 4.69) is 4.98 Å². The van der Waals surface area contributed by atoms with Crippen LogP contribution in [0.2, 0.25) is 0 Å². The zero-order valence-corrected chi connectivity index (χ0v) is 14.8. The minimum absolute atomic E-state index is 0.238. The Balaban J connectivity index is 1.62. The van der Waals surface area contributed by atoms with Gasteiger partial charge >= 0.3 is 6.03 Å². The lowest BCUT2D eigenvalue weighted by molar-refractivity contribution is -0.120. The van der Waals surface area contributed by atoms with Crippen molar-refractivity contribution in [2.24, 2.45) is 0 Å². The van der Waals surface area contributed by atoms with E-state index in [1.165, 1.54) is 9.80 Å². The van der Waals surface area contributed by atoms with E-state index >= 15 is 0 Å². The second-order valence-electron chi connectivity index (χ2n) is 7.18. The van der Waals surface area contributed by atoms with Gasteiger partial charge in [-0.25, -0.2) is 9.69 Å². The molecule has 3 amide bonds. The Morgan fingerprint density at radius 2 is 1.85 bits per heavy atom. The molecule has 3 heterocycles. The molecule has 5 rings (SSSR count). The largest absolute Gasteiger partial charge is 0.394 e. The summed E-state index contributed by atoms with van der Waals surface area (Å²) >= 11 is 0. The van der Waals surface area contributed by atoms with E-state index in [-0.39, 0.29) is 18.5 Å². The maximum Gasteiger partial charge on any atom is 0.332 e. The van der Waals surface area contributed by atoms with E-state index in [4.69, 9.17) is 0 Å². The van der Waals surface area contributed by atoms with Crippen LogP contribution in [0.15, 0.2) is 48.5 Å². The SMILES string of the molecule is Cc1ccc(N2C(=O)C3Cc4c([nH]c5ccccc45)C(CO)N3C2=O)cc1. The molecule has 2 aliphatic rings. The van der Waals surface area contributed by atoms with Crippen LogP contribution in [-0.2, 0) is 11.2 Å². The Hall–Kier alpha value is -3.12. The number of aromatic amines is 1. The summed E-state index contributed by atoms with van der Waals surface area (Å²) in [6.07, 6.45) is 0.447. The fourth-order valence-corrected chi connectivity index (χ4v) is 4.32. The first-order valence-electron chi connectivity index (χ1n) is 9.03. The van der Waals surface area contributed by atoms with Crippen LogP contribution >= 0.6 is 0 Å². The number of urea groups is 1. The van der Waals surface area contributed by atoms with Crippen molar-refractivity contribution in [3.63, 3.8) is 0 Å². The molecule has 2 aromatic carbocycles.